The Morgan fingerprint density at radius 3 is 1.83 bits per heavy atom. The number of piperidine rings is 1. The summed E-state index contributed by atoms with van der Waals surface area (Å²) in [6, 6.07) is 11.9. The van der Waals surface area contributed by atoms with E-state index < -0.39 is 36.4 Å². The van der Waals surface area contributed by atoms with Crippen molar-refractivity contribution in [1.82, 2.24) is 14.9 Å². The molecule has 0 aliphatic carbocycles. The topological polar surface area (TPSA) is 177 Å². The van der Waals surface area contributed by atoms with E-state index in [1.807, 2.05) is 24.5 Å². The second-order valence-electron chi connectivity index (χ2n) is 9.52. The third kappa shape index (κ3) is 15.0. The molecular formula is C26H26F9N5O7. The predicted molar refractivity (Wildman–Crippen MR) is 140 cm³/mol. The van der Waals surface area contributed by atoms with Gasteiger partial charge >= 0.3 is 36.4 Å². The van der Waals surface area contributed by atoms with Gasteiger partial charge in [-0.25, -0.2) is 19.4 Å². The number of rotatable bonds is 3. The van der Waals surface area contributed by atoms with Crippen molar-refractivity contribution in [2.75, 3.05) is 37.7 Å². The van der Waals surface area contributed by atoms with Crippen LogP contribution in [0, 0.1) is 11.3 Å². The van der Waals surface area contributed by atoms with E-state index in [1.165, 1.54) is 5.56 Å². The maximum atomic E-state index is 10.6. The molecule has 21 heteroatoms. The summed E-state index contributed by atoms with van der Waals surface area (Å²) in [4.78, 5) is 40.0. The van der Waals surface area contributed by atoms with Crippen LogP contribution in [0.3, 0.4) is 0 Å². The number of nitriles is 1. The first-order valence-corrected chi connectivity index (χ1v) is 12.9. The van der Waals surface area contributed by atoms with Crippen molar-refractivity contribution in [3.05, 3.63) is 54.0 Å². The molecule has 12 nitrogen and oxygen atoms in total. The molecule has 2 aliphatic heterocycles. The highest BCUT2D eigenvalue weighted by Crippen LogP contribution is 2.31. The van der Waals surface area contributed by atoms with Crippen molar-refractivity contribution in [3.8, 4) is 6.07 Å². The van der Waals surface area contributed by atoms with Gasteiger partial charge in [0.25, 0.3) is 0 Å². The molecule has 4 heterocycles. The summed E-state index contributed by atoms with van der Waals surface area (Å²) in [6.07, 6.45) is -9.42. The van der Waals surface area contributed by atoms with E-state index in [2.05, 4.69) is 38.0 Å². The first kappa shape index (κ1) is 40.3. The van der Waals surface area contributed by atoms with Crippen LogP contribution in [0.4, 0.5) is 45.3 Å². The quantitative estimate of drug-likeness (QED) is 0.393. The van der Waals surface area contributed by atoms with Gasteiger partial charge in [-0.15, -0.1) is 0 Å². The minimum absolute atomic E-state index is 0.159. The Morgan fingerprint density at radius 2 is 1.36 bits per heavy atom. The van der Waals surface area contributed by atoms with Crippen LogP contribution in [0.2, 0.25) is 0 Å². The fraction of sp³-hybridized carbons (Fsp3) is 0.462. The summed E-state index contributed by atoms with van der Waals surface area (Å²) >= 11 is 0. The smallest absolute Gasteiger partial charge is 0.475 e. The van der Waals surface area contributed by atoms with Gasteiger partial charge < -0.3 is 25.0 Å². The zero-order chi connectivity index (χ0) is 36.1. The van der Waals surface area contributed by atoms with Crippen molar-refractivity contribution in [1.29, 1.82) is 5.26 Å². The minimum atomic E-state index is -5.08. The number of aliphatic carboxylic acids is 3. The molecule has 1 atom stereocenters. The Kier molecular flexibility index (Phi) is 14.8. The Hall–Kier alpha value is -4.71. The highest BCUT2D eigenvalue weighted by Gasteiger charge is 2.41. The van der Waals surface area contributed by atoms with E-state index >= 15 is 0 Å². The average molecular weight is 692 g/mol. The molecule has 0 saturated carbocycles. The van der Waals surface area contributed by atoms with Crippen molar-refractivity contribution in [2.24, 2.45) is 0 Å². The molecule has 1 spiro atoms. The molecule has 0 aromatic carbocycles. The molecule has 2 fully saturated rings. The number of carboxylic acid groups (broad SMARTS) is 3. The first-order chi connectivity index (χ1) is 21.6. The Morgan fingerprint density at radius 1 is 0.851 bits per heavy atom. The minimum Gasteiger partial charge on any atom is -0.475 e. The Balaban J connectivity index is 0.000000430. The maximum Gasteiger partial charge on any atom is 0.490 e. The number of morpholine rings is 1. The van der Waals surface area contributed by atoms with Gasteiger partial charge in [-0.1, -0.05) is 6.07 Å². The van der Waals surface area contributed by atoms with Gasteiger partial charge in [0.05, 0.1) is 12.2 Å². The van der Waals surface area contributed by atoms with E-state index in [-0.39, 0.29) is 5.60 Å². The van der Waals surface area contributed by atoms with Crippen molar-refractivity contribution < 1.29 is 74.0 Å². The van der Waals surface area contributed by atoms with E-state index in [4.69, 9.17) is 39.7 Å². The highest BCUT2D eigenvalue weighted by molar-refractivity contribution is 5.73. The fourth-order valence-electron chi connectivity index (χ4n) is 4.01. The third-order valence-corrected chi connectivity index (χ3v) is 5.92. The molecule has 2 aromatic rings. The van der Waals surface area contributed by atoms with Gasteiger partial charge in [-0.05, 0) is 42.7 Å². The highest BCUT2D eigenvalue weighted by atomic mass is 19.4. The van der Waals surface area contributed by atoms with E-state index in [1.54, 1.807) is 6.07 Å². The molecule has 0 amide bonds. The van der Waals surface area contributed by atoms with Crippen LogP contribution in [0.25, 0.3) is 0 Å². The summed E-state index contributed by atoms with van der Waals surface area (Å²) in [5, 5.41) is 30.5. The SMILES string of the molecule is N#Cc1cccc(N2CCCC3(CN(Cc4ccncc4)CCO3)C2)n1.O=C(O)C(F)(F)F.O=C(O)C(F)(F)F.O=C(O)C(F)(F)F. The molecule has 0 radical (unpaired) electrons. The molecule has 4 rings (SSSR count). The largest absolute Gasteiger partial charge is 0.490 e. The van der Waals surface area contributed by atoms with Gasteiger partial charge in [-0.3, -0.25) is 9.88 Å². The van der Waals surface area contributed by atoms with Crippen molar-refractivity contribution in [2.45, 2.75) is 43.5 Å². The first-order valence-electron chi connectivity index (χ1n) is 12.9. The number of carboxylic acids is 3. The second kappa shape index (κ2) is 17.3. The molecule has 260 valence electrons. The normalized spacial score (nSPS) is 18.2. The molecule has 3 N–H and O–H groups in total. The summed E-state index contributed by atoms with van der Waals surface area (Å²) in [7, 11) is 0. The Bertz CT molecular complexity index is 1310. The summed E-state index contributed by atoms with van der Waals surface area (Å²) in [5.41, 5.74) is 1.59. The zero-order valence-corrected chi connectivity index (χ0v) is 23.8. The van der Waals surface area contributed by atoms with Crippen LogP contribution in [-0.2, 0) is 25.7 Å². The Labute approximate surface area is 259 Å². The molecule has 2 saturated heterocycles. The van der Waals surface area contributed by atoms with Gasteiger partial charge in [0.15, 0.2) is 0 Å². The number of halogens is 9. The summed E-state index contributed by atoms with van der Waals surface area (Å²) < 4.78 is 102. The van der Waals surface area contributed by atoms with Crippen LogP contribution in [0.1, 0.15) is 24.1 Å². The number of nitrogens with zero attached hydrogens (tertiary/aromatic N) is 5. The lowest BCUT2D eigenvalue weighted by Gasteiger charge is -2.48. The van der Waals surface area contributed by atoms with Crippen LogP contribution >= 0.6 is 0 Å². The average Bonchev–Trinajstić information content (AvgIpc) is 2.97. The maximum absolute atomic E-state index is 10.6. The number of anilines is 1. The number of hydrogen-bond acceptors (Lipinski definition) is 9. The monoisotopic (exact) mass is 691 g/mol. The lowest BCUT2D eigenvalue weighted by atomic mass is 9.90. The standard InChI is InChI=1S/C20H23N5O.3C2HF3O2/c21-13-18-3-1-4-19(23-18)25-10-2-7-20(16-25)15-24(11-12-26-20)14-17-5-8-22-9-6-17;3*3-2(4,5)1(6)7/h1,3-6,8-9H,2,7,10-12,14-16H2;3*(H,6,7). The second-order valence-corrected chi connectivity index (χ2v) is 9.52. The van der Waals surface area contributed by atoms with Gasteiger partial charge in [-0.2, -0.15) is 44.8 Å². The molecule has 47 heavy (non-hydrogen) atoms. The molecule has 2 aliphatic rings. The third-order valence-electron chi connectivity index (χ3n) is 5.92. The molecule has 2 aromatic heterocycles. The van der Waals surface area contributed by atoms with Gasteiger partial charge in [0.1, 0.15) is 17.6 Å². The van der Waals surface area contributed by atoms with Crippen LogP contribution < -0.4 is 4.90 Å². The number of aromatic nitrogens is 2. The zero-order valence-electron chi connectivity index (χ0n) is 23.8. The number of pyridine rings is 2. The summed E-state index contributed by atoms with van der Waals surface area (Å²) in [5.74, 6) is -7.40. The van der Waals surface area contributed by atoms with Crippen molar-refractivity contribution in [3.63, 3.8) is 0 Å². The fourth-order valence-corrected chi connectivity index (χ4v) is 4.01. The molecular weight excluding hydrogens is 665 g/mol. The van der Waals surface area contributed by atoms with Crippen molar-refractivity contribution >= 4 is 23.7 Å². The predicted octanol–water partition coefficient (Wildman–Crippen LogP) is 4.12. The van der Waals surface area contributed by atoms with Crippen LogP contribution in [-0.4, -0.2) is 105 Å². The van der Waals surface area contributed by atoms with E-state index in [0.29, 0.717) is 5.69 Å². The lowest BCUT2D eigenvalue weighted by Crippen LogP contribution is -2.59. The van der Waals surface area contributed by atoms with Gasteiger partial charge in [0, 0.05) is 45.1 Å². The van der Waals surface area contributed by atoms with E-state index in [0.717, 1.165) is 58.0 Å². The summed E-state index contributed by atoms with van der Waals surface area (Å²) in [6.45, 7) is 5.33. The number of ether oxygens (including phenoxy) is 1. The number of hydrogen-bond donors (Lipinski definition) is 3. The van der Waals surface area contributed by atoms with Gasteiger partial charge in [0.2, 0.25) is 0 Å². The van der Waals surface area contributed by atoms with Crippen LogP contribution in [0.15, 0.2) is 42.7 Å². The number of carbonyl (C=O) groups is 3. The van der Waals surface area contributed by atoms with Crippen LogP contribution in [0.5, 0.6) is 0 Å². The lowest BCUT2D eigenvalue weighted by molar-refractivity contribution is -0.193. The number of alkyl halides is 9. The molecule has 1 unspecified atom stereocenters. The molecule has 0 bridgehead atoms. The van der Waals surface area contributed by atoms with E-state index in [9.17, 15) is 39.5 Å².